The molecule has 1 N–H and O–H groups in total. The van der Waals surface area contributed by atoms with Gasteiger partial charge < -0.3 is 9.88 Å². The Hall–Kier alpha value is -1.74. The van der Waals surface area contributed by atoms with E-state index in [2.05, 4.69) is 15.5 Å². The summed E-state index contributed by atoms with van der Waals surface area (Å²) in [5.41, 5.74) is -0.949. The smallest absolute Gasteiger partial charge is 0.324 e. The first kappa shape index (κ1) is 20.6. The molecule has 26 heavy (non-hydrogen) atoms. The molecule has 1 heterocycles. The average molecular weight is 407 g/mol. The molecule has 0 aliphatic heterocycles. The van der Waals surface area contributed by atoms with Gasteiger partial charge in [-0.15, -0.1) is 10.2 Å². The Morgan fingerprint density at radius 3 is 2.65 bits per heavy atom. The van der Waals surface area contributed by atoms with Gasteiger partial charge in [0.25, 0.3) is 0 Å². The quantitative estimate of drug-likeness (QED) is 0.680. The number of rotatable bonds is 7. The van der Waals surface area contributed by atoms with Gasteiger partial charge >= 0.3 is 6.18 Å². The summed E-state index contributed by atoms with van der Waals surface area (Å²) in [6, 6.07) is 2.79. The maximum atomic E-state index is 12.8. The van der Waals surface area contributed by atoms with Crippen molar-refractivity contribution in [3.05, 3.63) is 34.6 Å². The summed E-state index contributed by atoms with van der Waals surface area (Å²) in [6.07, 6.45) is -2.79. The van der Waals surface area contributed by atoms with Crippen LogP contribution >= 0.6 is 23.4 Å². The molecule has 142 valence electrons. The number of halogens is 4. The minimum atomic E-state index is -4.51. The number of nitrogens with one attached hydrogen (secondary N) is 1. The number of benzene rings is 1. The molecule has 0 bridgehead atoms. The molecule has 2 aromatic rings. The Kier molecular flexibility index (Phi) is 6.94. The molecule has 2 rings (SSSR count). The van der Waals surface area contributed by atoms with Crippen LogP contribution in [0.1, 0.15) is 31.7 Å². The van der Waals surface area contributed by atoms with Gasteiger partial charge in [-0.05, 0) is 31.5 Å². The number of hydrogen-bond acceptors (Lipinski definition) is 4. The van der Waals surface area contributed by atoms with Gasteiger partial charge in [0.15, 0.2) is 5.16 Å². The third kappa shape index (κ3) is 5.14. The molecule has 0 atom stereocenters. The van der Waals surface area contributed by atoms with E-state index in [0.29, 0.717) is 11.7 Å². The SMILES string of the molecule is CCCc1nnc(SCC(=O)Nc2cc(C(F)(F)F)ccc2Cl)n1CC. The van der Waals surface area contributed by atoms with Crippen LogP contribution in [0, 0.1) is 0 Å². The molecule has 1 amide bonds. The summed E-state index contributed by atoms with van der Waals surface area (Å²) in [5.74, 6) is 0.356. The molecule has 0 fully saturated rings. The monoisotopic (exact) mass is 406 g/mol. The molecule has 0 saturated heterocycles. The van der Waals surface area contributed by atoms with Crippen molar-refractivity contribution in [1.29, 1.82) is 0 Å². The van der Waals surface area contributed by atoms with E-state index >= 15 is 0 Å². The van der Waals surface area contributed by atoms with Gasteiger partial charge in [-0.25, -0.2) is 0 Å². The molecular weight excluding hydrogens is 389 g/mol. The van der Waals surface area contributed by atoms with E-state index in [9.17, 15) is 18.0 Å². The molecule has 5 nitrogen and oxygen atoms in total. The van der Waals surface area contributed by atoms with Crippen molar-refractivity contribution >= 4 is 35.0 Å². The second-order valence-electron chi connectivity index (χ2n) is 5.42. The average Bonchev–Trinajstić information content (AvgIpc) is 2.96. The number of hydrogen-bond donors (Lipinski definition) is 1. The van der Waals surface area contributed by atoms with Gasteiger partial charge in [-0.1, -0.05) is 30.3 Å². The first-order chi connectivity index (χ1) is 12.3. The van der Waals surface area contributed by atoms with E-state index < -0.39 is 17.6 Å². The van der Waals surface area contributed by atoms with Crippen molar-refractivity contribution in [2.24, 2.45) is 0 Å². The van der Waals surface area contributed by atoms with Crippen LogP contribution in [-0.4, -0.2) is 26.4 Å². The summed E-state index contributed by atoms with van der Waals surface area (Å²) < 4.78 is 40.2. The van der Waals surface area contributed by atoms with E-state index in [1.54, 1.807) is 0 Å². The van der Waals surface area contributed by atoms with Crippen molar-refractivity contribution in [3.63, 3.8) is 0 Å². The van der Waals surface area contributed by atoms with Crippen LogP contribution in [0.3, 0.4) is 0 Å². The summed E-state index contributed by atoms with van der Waals surface area (Å²) in [7, 11) is 0. The van der Waals surface area contributed by atoms with Crippen LogP contribution in [0.2, 0.25) is 5.02 Å². The lowest BCUT2D eigenvalue weighted by molar-refractivity contribution is -0.137. The molecule has 0 aliphatic carbocycles. The molecule has 10 heteroatoms. The van der Waals surface area contributed by atoms with Gasteiger partial charge in [0.1, 0.15) is 5.82 Å². The van der Waals surface area contributed by atoms with Crippen molar-refractivity contribution in [2.75, 3.05) is 11.1 Å². The van der Waals surface area contributed by atoms with Crippen molar-refractivity contribution < 1.29 is 18.0 Å². The highest BCUT2D eigenvalue weighted by Gasteiger charge is 2.31. The maximum Gasteiger partial charge on any atom is 0.416 e. The zero-order valence-electron chi connectivity index (χ0n) is 14.2. The molecule has 0 unspecified atom stereocenters. The number of nitrogens with zero attached hydrogens (tertiary/aromatic N) is 3. The predicted molar refractivity (Wildman–Crippen MR) is 95.5 cm³/mol. The fourth-order valence-electron chi connectivity index (χ4n) is 2.27. The Morgan fingerprint density at radius 1 is 1.31 bits per heavy atom. The standard InChI is InChI=1S/C16H18ClF3N4OS/c1-3-5-13-22-23-15(24(13)4-2)26-9-14(25)21-12-8-10(16(18,19)20)6-7-11(12)17/h6-8H,3-5,9H2,1-2H3,(H,21,25). The third-order valence-electron chi connectivity index (χ3n) is 3.48. The number of carbonyl (C=O) groups excluding carboxylic acids is 1. The van der Waals surface area contributed by atoms with Crippen molar-refractivity contribution in [2.45, 2.75) is 44.6 Å². The lowest BCUT2D eigenvalue weighted by Gasteiger charge is -2.11. The predicted octanol–water partition coefficient (Wildman–Crippen LogP) is 4.65. The number of aromatic nitrogens is 3. The molecule has 0 radical (unpaired) electrons. The first-order valence-corrected chi connectivity index (χ1v) is 9.34. The number of alkyl halides is 3. The van der Waals surface area contributed by atoms with Crippen LogP contribution < -0.4 is 5.32 Å². The Morgan fingerprint density at radius 2 is 2.04 bits per heavy atom. The fraction of sp³-hybridized carbons (Fsp3) is 0.438. The number of carbonyl (C=O) groups is 1. The molecular formula is C16H18ClF3N4OS. The Labute approximate surface area is 158 Å². The van der Waals surface area contributed by atoms with Crippen LogP contribution in [0.5, 0.6) is 0 Å². The van der Waals surface area contributed by atoms with Gasteiger partial charge in [0.05, 0.1) is 22.0 Å². The van der Waals surface area contributed by atoms with Crippen LogP contribution in [0.4, 0.5) is 18.9 Å². The van der Waals surface area contributed by atoms with Crippen molar-refractivity contribution in [3.8, 4) is 0 Å². The molecule has 1 aromatic carbocycles. The van der Waals surface area contributed by atoms with Gasteiger partial charge in [0.2, 0.25) is 5.91 Å². The van der Waals surface area contributed by atoms with E-state index in [1.165, 1.54) is 11.8 Å². The maximum absolute atomic E-state index is 12.8. The second-order valence-corrected chi connectivity index (χ2v) is 6.77. The largest absolute Gasteiger partial charge is 0.416 e. The highest BCUT2D eigenvalue weighted by atomic mass is 35.5. The molecule has 0 aliphatic rings. The highest BCUT2D eigenvalue weighted by molar-refractivity contribution is 7.99. The summed E-state index contributed by atoms with van der Waals surface area (Å²) in [6.45, 7) is 4.66. The lowest BCUT2D eigenvalue weighted by Crippen LogP contribution is -2.16. The van der Waals surface area contributed by atoms with E-state index in [-0.39, 0.29) is 16.5 Å². The van der Waals surface area contributed by atoms with E-state index in [1.807, 2.05) is 18.4 Å². The molecule has 0 saturated carbocycles. The van der Waals surface area contributed by atoms with E-state index in [4.69, 9.17) is 11.6 Å². The minimum Gasteiger partial charge on any atom is -0.324 e. The summed E-state index contributed by atoms with van der Waals surface area (Å²) in [5, 5.41) is 11.2. The van der Waals surface area contributed by atoms with Gasteiger partial charge in [-0.2, -0.15) is 13.2 Å². The number of thioether (sulfide) groups is 1. The number of aryl methyl sites for hydroxylation is 1. The second kappa shape index (κ2) is 8.77. The zero-order valence-corrected chi connectivity index (χ0v) is 15.8. The summed E-state index contributed by atoms with van der Waals surface area (Å²) >= 11 is 7.05. The fourth-order valence-corrected chi connectivity index (χ4v) is 3.25. The van der Waals surface area contributed by atoms with Crippen LogP contribution in [0.15, 0.2) is 23.4 Å². The van der Waals surface area contributed by atoms with Crippen molar-refractivity contribution in [1.82, 2.24) is 14.8 Å². The Balaban J connectivity index is 2.04. The third-order valence-corrected chi connectivity index (χ3v) is 4.78. The minimum absolute atomic E-state index is 0.0170. The van der Waals surface area contributed by atoms with Crippen LogP contribution in [0.25, 0.3) is 0 Å². The molecule has 0 spiro atoms. The topological polar surface area (TPSA) is 59.8 Å². The summed E-state index contributed by atoms with van der Waals surface area (Å²) in [4.78, 5) is 12.1. The zero-order chi connectivity index (χ0) is 19.3. The first-order valence-electron chi connectivity index (χ1n) is 7.97. The molecule has 1 aromatic heterocycles. The number of amides is 1. The normalized spacial score (nSPS) is 11.6. The number of anilines is 1. The van der Waals surface area contributed by atoms with Gasteiger partial charge in [0, 0.05) is 13.0 Å². The van der Waals surface area contributed by atoms with Gasteiger partial charge in [-0.3, -0.25) is 4.79 Å². The lowest BCUT2D eigenvalue weighted by atomic mass is 10.2. The highest BCUT2D eigenvalue weighted by Crippen LogP contribution is 2.34. The van der Waals surface area contributed by atoms with Crippen LogP contribution in [-0.2, 0) is 23.9 Å². The van der Waals surface area contributed by atoms with E-state index in [0.717, 1.165) is 36.9 Å². The Bertz CT molecular complexity index is 779.